The van der Waals surface area contributed by atoms with Gasteiger partial charge in [-0.2, -0.15) is 0 Å². The number of nitrogens with two attached hydrogens (primary N) is 1. The van der Waals surface area contributed by atoms with Gasteiger partial charge in [0.1, 0.15) is 11.9 Å². The van der Waals surface area contributed by atoms with Gasteiger partial charge < -0.3 is 10.8 Å². The summed E-state index contributed by atoms with van der Waals surface area (Å²) < 4.78 is 13.3. The van der Waals surface area contributed by atoms with Crippen LogP contribution < -0.4 is 5.73 Å². The molecular weight excluding hydrogens is 470 g/mol. The molecule has 0 saturated carbocycles. The standard InChI is InChI=1S/C18H14Cl2FN3O.3ClH/c19-14-3-1-10(6-15(14)20)17(22)18(25)16-4-2-11(8-24-16)12-5-13(21)9-23-7-12;;;/h1-9,17-18,25H,22H2;3*1H/t17-,18-;;;/m0.../s1. The van der Waals surface area contributed by atoms with E-state index in [0.29, 0.717) is 32.4 Å². The summed E-state index contributed by atoms with van der Waals surface area (Å²) in [5, 5.41) is 11.3. The predicted octanol–water partition coefficient (Wildman–Crippen LogP) is 5.59. The van der Waals surface area contributed by atoms with Crippen LogP contribution in [0, 0.1) is 5.82 Å². The minimum atomic E-state index is -1.03. The molecule has 4 nitrogen and oxygen atoms in total. The molecule has 0 amide bonds. The lowest BCUT2D eigenvalue weighted by Crippen LogP contribution is -2.20. The van der Waals surface area contributed by atoms with Crippen molar-refractivity contribution in [2.45, 2.75) is 12.1 Å². The number of pyridine rings is 2. The van der Waals surface area contributed by atoms with Crippen LogP contribution in [-0.2, 0) is 0 Å². The first kappa shape index (κ1) is 26.8. The highest BCUT2D eigenvalue weighted by molar-refractivity contribution is 6.42. The van der Waals surface area contributed by atoms with E-state index in [-0.39, 0.29) is 37.2 Å². The lowest BCUT2D eigenvalue weighted by atomic mass is 9.99. The highest BCUT2D eigenvalue weighted by Gasteiger charge is 2.21. The Morgan fingerprint density at radius 3 is 2.18 bits per heavy atom. The summed E-state index contributed by atoms with van der Waals surface area (Å²) in [5.74, 6) is -0.428. The van der Waals surface area contributed by atoms with Gasteiger partial charge in [-0.25, -0.2) is 4.39 Å². The summed E-state index contributed by atoms with van der Waals surface area (Å²) >= 11 is 11.9. The third-order valence-electron chi connectivity index (χ3n) is 3.80. The zero-order chi connectivity index (χ0) is 18.0. The number of aliphatic hydroxyl groups is 1. The normalized spacial score (nSPS) is 12.0. The van der Waals surface area contributed by atoms with Gasteiger partial charge in [-0.05, 0) is 29.8 Å². The minimum Gasteiger partial charge on any atom is -0.385 e. The first-order chi connectivity index (χ1) is 12.0. The summed E-state index contributed by atoms with van der Waals surface area (Å²) in [7, 11) is 0. The van der Waals surface area contributed by atoms with Crippen LogP contribution >= 0.6 is 60.4 Å². The van der Waals surface area contributed by atoms with E-state index >= 15 is 0 Å². The van der Waals surface area contributed by atoms with Crippen molar-refractivity contribution in [1.29, 1.82) is 0 Å². The van der Waals surface area contributed by atoms with Crippen molar-refractivity contribution >= 4 is 60.4 Å². The van der Waals surface area contributed by atoms with Crippen LogP contribution in [0.15, 0.2) is 55.0 Å². The zero-order valence-electron chi connectivity index (χ0n) is 14.1. The van der Waals surface area contributed by atoms with Crippen molar-refractivity contribution in [1.82, 2.24) is 9.97 Å². The molecule has 0 aliphatic carbocycles. The molecule has 1 aromatic carbocycles. The Kier molecular flexibility index (Phi) is 11.2. The van der Waals surface area contributed by atoms with E-state index in [0.717, 1.165) is 6.20 Å². The quantitative estimate of drug-likeness (QED) is 0.503. The molecule has 10 heteroatoms. The third-order valence-corrected chi connectivity index (χ3v) is 4.54. The molecule has 0 aliphatic heterocycles. The molecule has 0 unspecified atom stereocenters. The van der Waals surface area contributed by atoms with Crippen molar-refractivity contribution in [3.8, 4) is 11.1 Å². The topological polar surface area (TPSA) is 72.0 Å². The fraction of sp³-hybridized carbons (Fsp3) is 0.111. The van der Waals surface area contributed by atoms with Gasteiger partial charge in [-0.3, -0.25) is 9.97 Å². The van der Waals surface area contributed by atoms with Crippen molar-refractivity contribution in [2.24, 2.45) is 5.73 Å². The summed E-state index contributed by atoms with van der Waals surface area (Å²) in [5.41, 5.74) is 8.43. The van der Waals surface area contributed by atoms with E-state index in [4.69, 9.17) is 28.9 Å². The highest BCUT2D eigenvalue weighted by Crippen LogP contribution is 2.31. The second-order valence-electron chi connectivity index (χ2n) is 5.51. The van der Waals surface area contributed by atoms with E-state index in [2.05, 4.69) is 9.97 Å². The van der Waals surface area contributed by atoms with E-state index in [9.17, 15) is 9.50 Å². The predicted molar refractivity (Wildman–Crippen MR) is 118 cm³/mol. The Labute approximate surface area is 190 Å². The van der Waals surface area contributed by atoms with Gasteiger partial charge in [0.05, 0.1) is 28.0 Å². The maximum atomic E-state index is 13.3. The summed E-state index contributed by atoms with van der Waals surface area (Å²) in [6, 6.07) is 8.95. The molecule has 3 N–H and O–H groups in total. The number of aromatic nitrogens is 2. The number of benzene rings is 1. The molecule has 0 saturated heterocycles. The van der Waals surface area contributed by atoms with Crippen molar-refractivity contribution < 1.29 is 9.50 Å². The molecule has 2 atom stereocenters. The molecule has 0 radical (unpaired) electrons. The maximum Gasteiger partial charge on any atom is 0.142 e. The zero-order valence-corrected chi connectivity index (χ0v) is 18.1. The summed E-state index contributed by atoms with van der Waals surface area (Å²) in [4.78, 5) is 8.04. The smallest absolute Gasteiger partial charge is 0.142 e. The van der Waals surface area contributed by atoms with Crippen molar-refractivity contribution in [3.63, 3.8) is 0 Å². The second kappa shape index (κ2) is 11.7. The van der Waals surface area contributed by atoms with E-state index in [1.54, 1.807) is 30.3 Å². The largest absolute Gasteiger partial charge is 0.385 e. The van der Waals surface area contributed by atoms with Crippen LogP contribution in [0.5, 0.6) is 0 Å². The van der Waals surface area contributed by atoms with Gasteiger partial charge in [0.2, 0.25) is 0 Å². The highest BCUT2D eigenvalue weighted by atomic mass is 35.5. The van der Waals surface area contributed by atoms with Gasteiger partial charge in [0.15, 0.2) is 0 Å². The van der Waals surface area contributed by atoms with Crippen molar-refractivity contribution in [3.05, 3.63) is 82.1 Å². The van der Waals surface area contributed by atoms with Crippen LogP contribution in [0.25, 0.3) is 11.1 Å². The Balaban J connectivity index is 0.00000243. The molecule has 2 aromatic heterocycles. The molecule has 0 fully saturated rings. The van der Waals surface area contributed by atoms with Crippen LogP contribution in [0.4, 0.5) is 4.39 Å². The average molecular weight is 488 g/mol. The number of aliphatic hydroxyl groups excluding tert-OH is 1. The van der Waals surface area contributed by atoms with Gasteiger partial charge in [0, 0.05) is 23.5 Å². The van der Waals surface area contributed by atoms with Crippen LogP contribution in [0.1, 0.15) is 23.4 Å². The molecular formula is C18H17Cl5FN3O. The van der Waals surface area contributed by atoms with Crippen LogP contribution in [-0.4, -0.2) is 15.1 Å². The van der Waals surface area contributed by atoms with Crippen LogP contribution in [0.3, 0.4) is 0 Å². The van der Waals surface area contributed by atoms with Gasteiger partial charge in [-0.15, -0.1) is 37.2 Å². The van der Waals surface area contributed by atoms with E-state index in [1.807, 2.05) is 0 Å². The third kappa shape index (κ3) is 6.16. The number of halogens is 6. The van der Waals surface area contributed by atoms with Crippen molar-refractivity contribution in [2.75, 3.05) is 0 Å². The first-order valence-corrected chi connectivity index (χ1v) is 8.17. The molecule has 0 bridgehead atoms. The number of rotatable bonds is 4. The number of hydrogen-bond acceptors (Lipinski definition) is 4. The Morgan fingerprint density at radius 2 is 1.61 bits per heavy atom. The molecule has 3 rings (SSSR count). The monoisotopic (exact) mass is 485 g/mol. The molecule has 0 aliphatic rings. The summed E-state index contributed by atoms with van der Waals surface area (Å²) in [6.07, 6.45) is 3.18. The van der Waals surface area contributed by atoms with E-state index < -0.39 is 18.0 Å². The fourth-order valence-corrected chi connectivity index (χ4v) is 2.71. The van der Waals surface area contributed by atoms with Gasteiger partial charge in [0.25, 0.3) is 0 Å². The Morgan fingerprint density at radius 1 is 0.893 bits per heavy atom. The molecule has 152 valence electrons. The van der Waals surface area contributed by atoms with E-state index in [1.165, 1.54) is 18.5 Å². The maximum absolute atomic E-state index is 13.3. The Hall–Kier alpha value is -1.18. The molecule has 2 heterocycles. The minimum absolute atomic E-state index is 0. The SMILES string of the molecule is Cl.Cl.Cl.N[C@@H](c1ccc(Cl)c(Cl)c1)[C@@H](O)c1ccc(-c2cncc(F)c2)cn1. The Bertz CT molecular complexity index is 899. The first-order valence-electron chi connectivity index (χ1n) is 7.41. The number of hydrogen-bond donors (Lipinski definition) is 2. The summed E-state index contributed by atoms with van der Waals surface area (Å²) in [6.45, 7) is 0. The molecule has 0 spiro atoms. The lowest BCUT2D eigenvalue weighted by molar-refractivity contribution is 0.142. The van der Waals surface area contributed by atoms with Gasteiger partial charge >= 0.3 is 0 Å². The number of nitrogens with zero attached hydrogens (tertiary/aromatic N) is 2. The van der Waals surface area contributed by atoms with Crippen LogP contribution in [0.2, 0.25) is 10.0 Å². The second-order valence-corrected chi connectivity index (χ2v) is 6.32. The molecule has 28 heavy (non-hydrogen) atoms. The average Bonchev–Trinajstić information content (AvgIpc) is 2.63. The van der Waals surface area contributed by atoms with Gasteiger partial charge in [-0.1, -0.05) is 35.3 Å². The lowest BCUT2D eigenvalue weighted by Gasteiger charge is -2.19. The fourth-order valence-electron chi connectivity index (χ4n) is 2.41. The molecule has 3 aromatic rings.